The van der Waals surface area contributed by atoms with Gasteiger partial charge in [0.2, 0.25) is 0 Å². The molecule has 1 heterocycles. The average Bonchev–Trinajstić information content (AvgIpc) is 2.57. The second kappa shape index (κ2) is 3.54. The molecule has 0 amide bonds. The Bertz CT molecular complexity index is 385. The van der Waals surface area contributed by atoms with Crippen molar-refractivity contribution in [2.45, 2.75) is 12.8 Å². The van der Waals surface area contributed by atoms with Crippen LogP contribution in [0.3, 0.4) is 0 Å². The van der Waals surface area contributed by atoms with Gasteiger partial charge in [0.25, 0.3) is 0 Å². The fourth-order valence-corrected chi connectivity index (χ4v) is 1.81. The standard InChI is InChI=1S/C11H13ClN2/c1-7-2-3-8(4-10(7)12)9-5-11(13)14-6-9/h2-5,9,14H,6,13H2,1H3. The lowest BCUT2D eigenvalue weighted by atomic mass is 9.99. The molecule has 2 nitrogen and oxygen atoms in total. The number of benzene rings is 1. The minimum absolute atomic E-state index is 0.355. The summed E-state index contributed by atoms with van der Waals surface area (Å²) in [4.78, 5) is 0. The summed E-state index contributed by atoms with van der Waals surface area (Å²) < 4.78 is 0. The van der Waals surface area contributed by atoms with Crippen molar-refractivity contribution in [1.82, 2.24) is 5.32 Å². The van der Waals surface area contributed by atoms with Gasteiger partial charge in [-0.3, -0.25) is 0 Å². The van der Waals surface area contributed by atoms with Crippen molar-refractivity contribution < 1.29 is 0 Å². The van der Waals surface area contributed by atoms with Crippen molar-refractivity contribution in [1.29, 1.82) is 0 Å². The molecule has 0 saturated heterocycles. The van der Waals surface area contributed by atoms with E-state index in [4.69, 9.17) is 17.3 Å². The van der Waals surface area contributed by atoms with Gasteiger partial charge < -0.3 is 11.1 Å². The Hall–Kier alpha value is -1.15. The largest absolute Gasteiger partial charge is 0.386 e. The molecule has 1 aromatic carbocycles. The SMILES string of the molecule is Cc1ccc(C2C=C(N)NC2)cc1Cl. The van der Waals surface area contributed by atoms with Gasteiger partial charge in [-0.2, -0.15) is 0 Å². The van der Waals surface area contributed by atoms with Crippen LogP contribution in [-0.4, -0.2) is 6.54 Å². The molecule has 2 rings (SSSR count). The van der Waals surface area contributed by atoms with Gasteiger partial charge >= 0.3 is 0 Å². The first-order valence-corrected chi connectivity index (χ1v) is 5.02. The van der Waals surface area contributed by atoms with Crippen LogP contribution >= 0.6 is 11.6 Å². The number of halogens is 1. The molecular formula is C11H13ClN2. The first-order valence-electron chi connectivity index (χ1n) is 4.64. The Balaban J connectivity index is 2.29. The molecule has 1 aromatic rings. The monoisotopic (exact) mass is 208 g/mol. The molecule has 14 heavy (non-hydrogen) atoms. The van der Waals surface area contributed by atoms with Gasteiger partial charge in [0.15, 0.2) is 0 Å². The lowest BCUT2D eigenvalue weighted by Gasteiger charge is -2.08. The Labute approximate surface area is 88.8 Å². The Morgan fingerprint density at radius 1 is 1.50 bits per heavy atom. The fraction of sp³-hybridized carbons (Fsp3) is 0.273. The molecule has 0 bridgehead atoms. The second-order valence-electron chi connectivity index (χ2n) is 3.62. The van der Waals surface area contributed by atoms with E-state index in [2.05, 4.69) is 11.4 Å². The van der Waals surface area contributed by atoms with E-state index in [0.717, 1.165) is 23.0 Å². The predicted molar refractivity (Wildman–Crippen MR) is 59.2 cm³/mol. The molecule has 0 fully saturated rings. The first-order chi connectivity index (χ1) is 6.66. The molecule has 0 spiro atoms. The van der Waals surface area contributed by atoms with E-state index in [1.165, 1.54) is 5.56 Å². The summed E-state index contributed by atoms with van der Waals surface area (Å²) in [5.41, 5.74) is 7.97. The number of nitrogens with two attached hydrogens (primary N) is 1. The van der Waals surface area contributed by atoms with Crippen molar-refractivity contribution in [3.05, 3.63) is 46.2 Å². The zero-order chi connectivity index (χ0) is 10.1. The molecular weight excluding hydrogens is 196 g/mol. The molecule has 1 atom stereocenters. The highest BCUT2D eigenvalue weighted by atomic mass is 35.5. The van der Waals surface area contributed by atoms with Gasteiger partial charge in [-0.1, -0.05) is 23.7 Å². The minimum Gasteiger partial charge on any atom is -0.386 e. The van der Waals surface area contributed by atoms with Gasteiger partial charge in [-0.15, -0.1) is 0 Å². The maximum atomic E-state index is 6.06. The van der Waals surface area contributed by atoms with Crippen LogP contribution in [-0.2, 0) is 0 Å². The summed E-state index contributed by atoms with van der Waals surface area (Å²) in [7, 11) is 0. The minimum atomic E-state index is 0.355. The van der Waals surface area contributed by atoms with E-state index in [1.54, 1.807) is 0 Å². The van der Waals surface area contributed by atoms with Crippen LogP contribution in [0.1, 0.15) is 17.0 Å². The van der Waals surface area contributed by atoms with Crippen molar-refractivity contribution in [3.63, 3.8) is 0 Å². The molecule has 1 unspecified atom stereocenters. The van der Waals surface area contributed by atoms with Gasteiger partial charge in [0.1, 0.15) is 0 Å². The van der Waals surface area contributed by atoms with Crippen LogP contribution in [0.5, 0.6) is 0 Å². The van der Waals surface area contributed by atoms with Gasteiger partial charge in [-0.05, 0) is 30.2 Å². The van der Waals surface area contributed by atoms with Crippen LogP contribution in [0.2, 0.25) is 5.02 Å². The zero-order valence-electron chi connectivity index (χ0n) is 8.05. The van der Waals surface area contributed by atoms with Crippen LogP contribution in [0.15, 0.2) is 30.1 Å². The van der Waals surface area contributed by atoms with E-state index in [1.807, 2.05) is 25.1 Å². The van der Waals surface area contributed by atoms with Crippen LogP contribution in [0.25, 0.3) is 0 Å². The van der Waals surface area contributed by atoms with E-state index in [-0.39, 0.29) is 0 Å². The summed E-state index contributed by atoms with van der Waals surface area (Å²) in [5, 5.41) is 3.92. The third kappa shape index (κ3) is 1.70. The van der Waals surface area contributed by atoms with Gasteiger partial charge in [-0.25, -0.2) is 0 Å². The number of rotatable bonds is 1. The molecule has 1 aliphatic rings. The molecule has 1 aliphatic heterocycles. The molecule has 74 valence electrons. The Morgan fingerprint density at radius 3 is 2.86 bits per heavy atom. The lowest BCUT2D eigenvalue weighted by Crippen LogP contribution is -2.15. The summed E-state index contributed by atoms with van der Waals surface area (Å²) in [6.45, 7) is 2.87. The topological polar surface area (TPSA) is 38.0 Å². The van der Waals surface area contributed by atoms with Crippen molar-refractivity contribution in [2.24, 2.45) is 5.73 Å². The summed E-state index contributed by atoms with van der Waals surface area (Å²) in [6.07, 6.45) is 2.03. The maximum absolute atomic E-state index is 6.06. The normalized spacial score (nSPS) is 20.4. The van der Waals surface area contributed by atoms with Crippen LogP contribution in [0, 0.1) is 6.92 Å². The highest BCUT2D eigenvalue weighted by molar-refractivity contribution is 6.31. The summed E-state index contributed by atoms with van der Waals surface area (Å²) in [6, 6.07) is 6.15. The molecule has 3 heteroatoms. The third-order valence-corrected chi connectivity index (χ3v) is 2.94. The fourth-order valence-electron chi connectivity index (χ4n) is 1.62. The van der Waals surface area contributed by atoms with Crippen LogP contribution in [0.4, 0.5) is 0 Å². The summed E-state index contributed by atoms with van der Waals surface area (Å²) >= 11 is 6.06. The van der Waals surface area contributed by atoms with E-state index in [0.29, 0.717) is 5.92 Å². The molecule has 0 aliphatic carbocycles. The third-order valence-electron chi connectivity index (χ3n) is 2.53. The number of nitrogens with one attached hydrogen (secondary N) is 1. The Morgan fingerprint density at radius 2 is 2.29 bits per heavy atom. The summed E-state index contributed by atoms with van der Waals surface area (Å²) in [5.74, 6) is 1.11. The molecule has 0 aromatic heterocycles. The predicted octanol–water partition coefficient (Wildman–Crippen LogP) is 2.14. The van der Waals surface area contributed by atoms with Crippen molar-refractivity contribution in [3.8, 4) is 0 Å². The van der Waals surface area contributed by atoms with E-state index < -0.39 is 0 Å². The highest BCUT2D eigenvalue weighted by Gasteiger charge is 2.15. The number of aryl methyl sites for hydroxylation is 1. The van der Waals surface area contributed by atoms with E-state index >= 15 is 0 Å². The Kier molecular flexibility index (Phi) is 2.38. The number of hydrogen-bond acceptors (Lipinski definition) is 2. The average molecular weight is 209 g/mol. The highest BCUT2D eigenvalue weighted by Crippen LogP contribution is 2.25. The lowest BCUT2D eigenvalue weighted by molar-refractivity contribution is 0.791. The maximum Gasteiger partial charge on any atom is 0.0926 e. The first kappa shape index (κ1) is 9.41. The van der Waals surface area contributed by atoms with Gasteiger partial charge in [0.05, 0.1) is 5.82 Å². The quantitative estimate of drug-likeness (QED) is 0.742. The zero-order valence-corrected chi connectivity index (χ0v) is 8.81. The molecule has 3 N–H and O–H groups in total. The van der Waals surface area contributed by atoms with Crippen molar-refractivity contribution >= 4 is 11.6 Å². The van der Waals surface area contributed by atoms with E-state index in [9.17, 15) is 0 Å². The second-order valence-corrected chi connectivity index (χ2v) is 4.03. The van der Waals surface area contributed by atoms with Crippen LogP contribution < -0.4 is 11.1 Å². The number of hydrogen-bond donors (Lipinski definition) is 2. The van der Waals surface area contributed by atoms with Gasteiger partial charge in [0, 0.05) is 17.5 Å². The van der Waals surface area contributed by atoms with Crippen molar-refractivity contribution in [2.75, 3.05) is 6.54 Å². The molecule has 0 saturated carbocycles. The smallest absolute Gasteiger partial charge is 0.0926 e. The molecule has 0 radical (unpaired) electrons.